The van der Waals surface area contributed by atoms with E-state index in [0.717, 1.165) is 23.3 Å². The smallest absolute Gasteiger partial charge is 0.240 e. The van der Waals surface area contributed by atoms with E-state index in [9.17, 15) is 8.42 Å². The van der Waals surface area contributed by atoms with E-state index in [1.807, 2.05) is 44.2 Å². The van der Waals surface area contributed by atoms with Crippen LogP contribution in [0.15, 0.2) is 47.4 Å². The first-order valence-corrected chi connectivity index (χ1v) is 9.19. The molecule has 23 heavy (non-hydrogen) atoms. The van der Waals surface area contributed by atoms with Crippen LogP contribution in [0.25, 0.3) is 0 Å². The Labute approximate surface area is 138 Å². The fourth-order valence-electron chi connectivity index (χ4n) is 2.16. The van der Waals surface area contributed by atoms with Crippen LogP contribution in [0.4, 0.5) is 0 Å². The van der Waals surface area contributed by atoms with E-state index in [1.165, 1.54) is 5.56 Å². The van der Waals surface area contributed by atoms with Crippen LogP contribution in [0.2, 0.25) is 0 Å². The van der Waals surface area contributed by atoms with E-state index in [0.29, 0.717) is 0 Å². The predicted octanol–water partition coefficient (Wildman–Crippen LogP) is 3.22. The molecule has 2 aromatic carbocycles. The first kappa shape index (κ1) is 17.5. The van der Waals surface area contributed by atoms with Gasteiger partial charge in [0.1, 0.15) is 12.4 Å². The normalized spacial score (nSPS) is 11.4. The van der Waals surface area contributed by atoms with Crippen LogP contribution in [0.3, 0.4) is 0 Å². The minimum absolute atomic E-state index is 0.228. The average Bonchev–Trinajstić information content (AvgIpc) is 2.54. The highest BCUT2D eigenvalue weighted by molar-refractivity contribution is 7.89. The number of ether oxygens (including phenoxy) is 1. The molecule has 0 radical (unpaired) electrons. The monoisotopic (exact) mass is 333 g/mol. The first-order valence-electron chi connectivity index (χ1n) is 7.71. The molecule has 0 amide bonds. The molecule has 0 aliphatic carbocycles. The molecule has 0 atom stereocenters. The van der Waals surface area contributed by atoms with Gasteiger partial charge < -0.3 is 4.74 Å². The van der Waals surface area contributed by atoms with Gasteiger partial charge in [-0.05, 0) is 61.2 Å². The molecule has 1 N–H and O–H groups in total. The molecular weight excluding hydrogens is 310 g/mol. The SMILES string of the molecule is CCc1cccc(OCCNS(=O)(=O)c2ccc(C)c(C)c2)c1. The van der Waals surface area contributed by atoms with Gasteiger partial charge in [0.05, 0.1) is 4.90 Å². The summed E-state index contributed by atoms with van der Waals surface area (Å²) in [6.07, 6.45) is 0.941. The Morgan fingerprint density at radius 3 is 2.52 bits per heavy atom. The Bertz CT molecular complexity index is 770. The predicted molar refractivity (Wildman–Crippen MR) is 92.4 cm³/mol. The van der Waals surface area contributed by atoms with Crippen molar-refractivity contribution in [2.24, 2.45) is 0 Å². The van der Waals surface area contributed by atoms with Crippen LogP contribution in [-0.2, 0) is 16.4 Å². The van der Waals surface area contributed by atoms with Crippen molar-refractivity contribution in [3.63, 3.8) is 0 Å². The molecule has 0 aliphatic heterocycles. The van der Waals surface area contributed by atoms with Crippen molar-refractivity contribution in [2.45, 2.75) is 32.1 Å². The Balaban J connectivity index is 1.90. The molecule has 4 nitrogen and oxygen atoms in total. The molecule has 0 saturated heterocycles. The number of rotatable bonds is 7. The maximum atomic E-state index is 12.2. The van der Waals surface area contributed by atoms with Crippen LogP contribution in [0.5, 0.6) is 5.75 Å². The Morgan fingerprint density at radius 2 is 1.83 bits per heavy atom. The molecule has 0 bridgehead atoms. The highest BCUT2D eigenvalue weighted by Crippen LogP contribution is 2.15. The van der Waals surface area contributed by atoms with Crippen LogP contribution in [-0.4, -0.2) is 21.6 Å². The number of sulfonamides is 1. The van der Waals surface area contributed by atoms with E-state index >= 15 is 0 Å². The topological polar surface area (TPSA) is 55.4 Å². The number of hydrogen-bond donors (Lipinski definition) is 1. The highest BCUT2D eigenvalue weighted by Gasteiger charge is 2.13. The molecule has 5 heteroatoms. The summed E-state index contributed by atoms with van der Waals surface area (Å²) >= 11 is 0. The van der Waals surface area contributed by atoms with Crippen molar-refractivity contribution in [1.29, 1.82) is 0 Å². The standard InChI is InChI=1S/C18H23NO3S/c1-4-16-6-5-7-17(13-16)22-11-10-19-23(20,21)18-9-8-14(2)15(3)12-18/h5-9,12-13,19H,4,10-11H2,1-3H3. The first-order chi connectivity index (χ1) is 10.9. The number of aryl methyl sites for hydroxylation is 3. The molecule has 0 saturated carbocycles. The highest BCUT2D eigenvalue weighted by atomic mass is 32.2. The quantitative estimate of drug-likeness (QED) is 0.792. The fourth-order valence-corrected chi connectivity index (χ4v) is 3.26. The number of hydrogen-bond acceptors (Lipinski definition) is 3. The Hall–Kier alpha value is -1.85. The van der Waals surface area contributed by atoms with Gasteiger partial charge in [-0.1, -0.05) is 25.1 Å². The van der Waals surface area contributed by atoms with Crippen molar-refractivity contribution in [3.8, 4) is 5.75 Å². The summed E-state index contributed by atoms with van der Waals surface area (Å²) in [4.78, 5) is 0.286. The molecule has 2 aromatic rings. The van der Waals surface area contributed by atoms with Gasteiger partial charge in [0.2, 0.25) is 10.0 Å². The summed E-state index contributed by atoms with van der Waals surface area (Å²) in [5.74, 6) is 0.759. The second-order valence-corrected chi connectivity index (χ2v) is 7.26. The van der Waals surface area contributed by atoms with Crippen molar-refractivity contribution >= 4 is 10.0 Å². The van der Waals surface area contributed by atoms with Crippen LogP contribution in [0.1, 0.15) is 23.6 Å². The molecule has 0 fully saturated rings. The van der Waals surface area contributed by atoms with E-state index in [4.69, 9.17) is 4.74 Å². The minimum Gasteiger partial charge on any atom is -0.492 e. The summed E-state index contributed by atoms with van der Waals surface area (Å²) in [6, 6.07) is 12.9. The minimum atomic E-state index is -3.50. The average molecular weight is 333 g/mol. The molecule has 0 unspecified atom stereocenters. The lowest BCUT2D eigenvalue weighted by atomic mass is 10.1. The summed E-state index contributed by atoms with van der Waals surface area (Å²) in [7, 11) is -3.50. The van der Waals surface area contributed by atoms with E-state index in [1.54, 1.807) is 12.1 Å². The van der Waals surface area contributed by atoms with Gasteiger partial charge in [0.25, 0.3) is 0 Å². The van der Waals surface area contributed by atoms with Crippen molar-refractivity contribution < 1.29 is 13.2 Å². The van der Waals surface area contributed by atoms with Crippen molar-refractivity contribution in [1.82, 2.24) is 4.72 Å². The summed E-state index contributed by atoms with van der Waals surface area (Å²) < 4.78 is 32.6. The zero-order chi connectivity index (χ0) is 16.9. The lowest BCUT2D eigenvalue weighted by molar-refractivity contribution is 0.322. The van der Waals surface area contributed by atoms with E-state index in [-0.39, 0.29) is 18.0 Å². The van der Waals surface area contributed by atoms with E-state index in [2.05, 4.69) is 11.6 Å². The zero-order valence-corrected chi connectivity index (χ0v) is 14.6. The molecular formula is C18H23NO3S. The van der Waals surface area contributed by atoms with Gasteiger partial charge in [0, 0.05) is 6.54 Å². The molecule has 0 aliphatic rings. The Kier molecular flexibility index (Phi) is 5.80. The molecule has 124 valence electrons. The van der Waals surface area contributed by atoms with Crippen LogP contribution < -0.4 is 9.46 Å². The summed E-state index contributed by atoms with van der Waals surface area (Å²) in [6.45, 7) is 6.45. The number of nitrogens with one attached hydrogen (secondary N) is 1. The molecule has 0 aromatic heterocycles. The van der Waals surface area contributed by atoms with Crippen LogP contribution >= 0.6 is 0 Å². The fraction of sp³-hybridized carbons (Fsp3) is 0.333. The van der Waals surface area contributed by atoms with Crippen molar-refractivity contribution in [2.75, 3.05) is 13.2 Å². The molecule has 0 heterocycles. The second kappa shape index (κ2) is 7.62. The third kappa shape index (κ3) is 4.81. The van der Waals surface area contributed by atoms with Gasteiger partial charge in [-0.3, -0.25) is 0 Å². The lowest BCUT2D eigenvalue weighted by Crippen LogP contribution is -2.28. The van der Waals surface area contributed by atoms with Crippen molar-refractivity contribution in [3.05, 3.63) is 59.2 Å². The summed E-state index contributed by atoms with van der Waals surface area (Å²) in [5.41, 5.74) is 3.22. The van der Waals surface area contributed by atoms with Gasteiger partial charge in [-0.25, -0.2) is 13.1 Å². The second-order valence-electron chi connectivity index (χ2n) is 5.49. The third-order valence-electron chi connectivity index (χ3n) is 3.76. The van der Waals surface area contributed by atoms with Gasteiger partial charge in [-0.15, -0.1) is 0 Å². The van der Waals surface area contributed by atoms with Gasteiger partial charge in [0.15, 0.2) is 0 Å². The van der Waals surface area contributed by atoms with Crippen LogP contribution in [0, 0.1) is 13.8 Å². The maximum absolute atomic E-state index is 12.2. The molecule has 2 rings (SSSR count). The third-order valence-corrected chi connectivity index (χ3v) is 5.22. The Morgan fingerprint density at radius 1 is 1.04 bits per heavy atom. The van der Waals surface area contributed by atoms with Gasteiger partial charge >= 0.3 is 0 Å². The largest absolute Gasteiger partial charge is 0.492 e. The summed E-state index contributed by atoms with van der Waals surface area (Å²) in [5, 5.41) is 0. The number of benzene rings is 2. The molecule has 0 spiro atoms. The zero-order valence-electron chi connectivity index (χ0n) is 13.8. The maximum Gasteiger partial charge on any atom is 0.240 e. The van der Waals surface area contributed by atoms with E-state index < -0.39 is 10.0 Å². The van der Waals surface area contributed by atoms with Gasteiger partial charge in [-0.2, -0.15) is 0 Å². The lowest BCUT2D eigenvalue weighted by Gasteiger charge is -2.10.